The van der Waals surface area contributed by atoms with Gasteiger partial charge in [0.05, 0.1) is 5.69 Å². The van der Waals surface area contributed by atoms with E-state index in [1.807, 2.05) is 24.3 Å². The fourth-order valence-electron chi connectivity index (χ4n) is 2.60. The summed E-state index contributed by atoms with van der Waals surface area (Å²) in [6.07, 6.45) is 2.80. The molecule has 2 heterocycles. The molecule has 21 heavy (non-hydrogen) atoms. The minimum Gasteiger partial charge on any atom is -0.355 e. The van der Waals surface area contributed by atoms with Crippen LogP contribution in [-0.4, -0.2) is 48.1 Å². The van der Waals surface area contributed by atoms with Gasteiger partial charge in [-0.05, 0) is 32.1 Å². The first-order chi connectivity index (χ1) is 10.2. The SMILES string of the molecule is CN1CCCN(c2cc(-c3cccc(Cl)c3)ncn2)CC1. The van der Waals surface area contributed by atoms with Gasteiger partial charge in [-0.15, -0.1) is 0 Å². The lowest BCUT2D eigenvalue weighted by Gasteiger charge is -2.21. The topological polar surface area (TPSA) is 32.3 Å². The van der Waals surface area contributed by atoms with Crippen LogP contribution < -0.4 is 4.90 Å². The van der Waals surface area contributed by atoms with E-state index in [4.69, 9.17) is 11.6 Å². The molecule has 1 saturated heterocycles. The van der Waals surface area contributed by atoms with Gasteiger partial charge in [0.2, 0.25) is 0 Å². The first-order valence-electron chi connectivity index (χ1n) is 7.24. The maximum Gasteiger partial charge on any atom is 0.132 e. The second-order valence-electron chi connectivity index (χ2n) is 5.42. The van der Waals surface area contributed by atoms with Gasteiger partial charge < -0.3 is 9.80 Å². The molecule has 0 radical (unpaired) electrons. The highest BCUT2D eigenvalue weighted by atomic mass is 35.5. The second-order valence-corrected chi connectivity index (χ2v) is 5.85. The molecule has 0 saturated carbocycles. The van der Waals surface area contributed by atoms with Crippen LogP contribution in [0.2, 0.25) is 5.02 Å². The van der Waals surface area contributed by atoms with Crippen LogP contribution in [-0.2, 0) is 0 Å². The zero-order valence-corrected chi connectivity index (χ0v) is 12.9. The molecule has 0 amide bonds. The Morgan fingerprint density at radius 3 is 2.81 bits per heavy atom. The van der Waals surface area contributed by atoms with Crippen molar-refractivity contribution in [3.8, 4) is 11.3 Å². The van der Waals surface area contributed by atoms with Gasteiger partial charge in [-0.3, -0.25) is 0 Å². The minimum atomic E-state index is 0.726. The van der Waals surface area contributed by atoms with Gasteiger partial charge in [-0.1, -0.05) is 23.7 Å². The third kappa shape index (κ3) is 3.52. The third-order valence-corrected chi connectivity index (χ3v) is 4.05. The highest BCUT2D eigenvalue weighted by Gasteiger charge is 2.14. The molecule has 1 aliphatic heterocycles. The molecule has 0 spiro atoms. The molecule has 5 heteroatoms. The molecule has 2 aromatic rings. The molecule has 1 aromatic carbocycles. The maximum absolute atomic E-state index is 6.06. The van der Waals surface area contributed by atoms with Crippen LogP contribution in [0, 0.1) is 0 Å². The van der Waals surface area contributed by atoms with E-state index in [1.54, 1.807) is 6.33 Å². The maximum atomic E-state index is 6.06. The molecule has 3 rings (SSSR count). The van der Waals surface area contributed by atoms with E-state index < -0.39 is 0 Å². The Balaban J connectivity index is 1.86. The quantitative estimate of drug-likeness (QED) is 0.854. The Hall–Kier alpha value is -1.65. The van der Waals surface area contributed by atoms with Crippen molar-refractivity contribution in [1.29, 1.82) is 0 Å². The normalized spacial score (nSPS) is 16.8. The van der Waals surface area contributed by atoms with Gasteiger partial charge in [0.1, 0.15) is 12.1 Å². The van der Waals surface area contributed by atoms with Gasteiger partial charge in [-0.2, -0.15) is 0 Å². The van der Waals surface area contributed by atoms with Crippen molar-refractivity contribution >= 4 is 17.4 Å². The van der Waals surface area contributed by atoms with E-state index in [2.05, 4.69) is 32.9 Å². The summed E-state index contributed by atoms with van der Waals surface area (Å²) < 4.78 is 0. The number of hydrogen-bond acceptors (Lipinski definition) is 4. The number of anilines is 1. The summed E-state index contributed by atoms with van der Waals surface area (Å²) in [5.41, 5.74) is 1.94. The van der Waals surface area contributed by atoms with Crippen LogP contribution in [0.5, 0.6) is 0 Å². The minimum absolute atomic E-state index is 0.726. The van der Waals surface area contributed by atoms with Crippen LogP contribution >= 0.6 is 11.6 Å². The molecule has 1 fully saturated rings. The molecular formula is C16H19ClN4. The predicted octanol–water partition coefficient (Wildman–Crippen LogP) is 2.94. The third-order valence-electron chi connectivity index (χ3n) is 3.82. The number of likely N-dealkylation sites (N-methyl/N-ethyl adjacent to an activating group) is 1. The van der Waals surface area contributed by atoms with Crippen LogP contribution in [0.25, 0.3) is 11.3 Å². The molecule has 0 atom stereocenters. The number of halogens is 1. The highest BCUT2D eigenvalue weighted by Crippen LogP contribution is 2.23. The summed E-state index contributed by atoms with van der Waals surface area (Å²) in [5.74, 6) is 0.996. The number of rotatable bonds is 2. The first kappa shape index (κ1) is 14.3. The van der Waals surface area contributed by atoms with Gasteiger partial charge in [0.25, 0.3) is 0 Å². The van der Waals surface area contributed by atoms with Crippen molar-refractivity contribution in [3.63, 3.8) is 0 Å². The molecular weight excluding hydrogens is 284 g/mol. The number of hydrogen-bond donors (Lipinski definition) is 0. The molecule has 110 valence electrons. The van der Waals surface area contributed by atoms with Crippen molar-refractivity contribution in [1.82, 2.24) is 14.9 Å². The number of benzene rings is 1. The van der Waals surface area contributed by atoms with Gasteiger partial charge in [0.15, 0.2) is 0 Å². The summed E-state index contributed by atoms with van der Waals surface area (Å²) in [6, 6.07) is 9.83. The smallest absolute Gasteiger partial charge is 0.132 e. The number of aromatic nitrogens is 2. The summed E-state index contributed by atoms with van der Waals surface area (Å²) >= 11 is 6.06. The Bertz CT molecular complexity index is 617. The molecule has 0 bridgehead atoms. The van der Waals surface area contributed by atoms with Crippen LogP contribution in [0.3, 0.4) is 0 Å². The monoisotopic (exact) mass is 302 g/mol. The fraction of sp³-hybridized carbons (Fsp3) is 0.375. The summed E-state index contributed by atoms with van der Waals surface area (Å²) in [6.45, 7) is 4.25. The lowest BCUT2D eigenvalue weighted by Crippen LogP contribution is -2.29. The molecule has 1 aromatic heterocycles. The van der Waals surface area contributed by atoms with E-state index >= 15 is 0 Å². The van der Waals surface area contributed by atoms with Crippen LogP contribution in [0.1, 0.15) is 6.42 Å². The Labute approximate surface area is 130 Å². The predicted molar refractivity (Wildman–Crippen MR) is 86.8 cm³/mol. The van der Waals surface area contributed by atoms with Crippen molar-refractivity contribution in [2.75, 3.05) is 38.1 Å². The van der Waals surface area contributed by atoms with Crippen molar-refractivity contribution < 1.29 is 0 Å². The molecule has 0 unspecified atom stereocenters. The Morgan fingerprint density at radius 1 is 1.05 bits per heavy atom. The second kappa shape index (κ2) is 6.41. The standard InChI is InChI=1S/C16H19ClN4/c1-20-6-3-7-21(9-8-20)16-11-15(18-12-19-16)13-4-2-5-14(17)10-13/h2,4-5,10-12H,3,6-9H2,1H3. The zero-order valence-electron chi connectivity index (χ0n) is 12.2. The average Bonchev–Trinajstić information content (AvgIpc) is 2.72. The van der Waals surface area contributed by atoms with Crippen LogP contribution in [0.4, 0.5) is 5.82 Å². The molecule has 1 aliphatic rings. The summed E-state index contributed by atoms with van der Waals surface area (Å²) in [7, 11) is 2.17. The largest absolute Gasteiger partial charge is 0.355 e. The van der Waals surface area contributed by atoms with E-state index in [0.717, 1.165) is 54.7 Å². The van der Waals surface area contributed by atoms with E-state index in [-0.39, 0.29) is 0 Å². The molecule has 4 nitrogen and oxygen atoms in total. The van der Waals surface area contributed by atoms with Crippen molar-refractivity contribution in [2.45, 2.75) is 6.42 Å². The average molecular weight is 303 g/mol. The molecule has 0 aliphatic carbocycles. The zero-order chi connectivity index (χ0) is 14.7. The van der Waals surface area contributed by atoms with Gasteiger partial charge >= 0.3 is 0 Å². The van der Waals surface area contributed by atoms with E-state index in [1.165, 1.54) is 0 Å². The Kier molecular flexibility index (Phi) is 4.36. The lowest BCUT2D eigenvalue weighted by molar-refractivity contribution is 0.360. The summed E-state index contributed by atoms with van der Waals surface area (Å²) in [4.78, 5) is 13.5. The Morgan fingerprint density at radius 2 is 1.95 bits per heavy atom. The fourth-order valence-corrected chi connectivity index (χ4v) is 2.79. The van der Waals surface area contributed by atoms with Crippen molar-refractivity contribution in [3.05, 3.63) is 41.7 Å². The van der Waals surface area contributed by atoms with E-state index in [9.17, 15) is 0 Å². The van der Waals surface area contributed by atoms with Gasteiger partial charge in [0, 0.05) is 36.3 Å². The van der Waals surface area contributed by atoms with E-state index in [0.29, 0.717) is 0 Å². The first-order valence-corrected chi connectivity index (χ1v) is 7.62. The highest BCUT2D eigenvalue weighted by molar-refractivity contribution is 6.30. The van der Waals surface area contributed by atoms with Crippen LogP contribution in [0.15, 0.2) is 36.7 Å². The lowest BCUT2D eigenvalue weighted by atomic mass is 10.1. The van der Waals surface area contributed by atoms with Crippen molar-refractivity contribution in [2.24, 2.45) is 0 Å². The summed E-state index contributed by atoms with van der Waals surface area (Å²) in [5, 5.41) is 0.726. The van der Waals surface area contributed by atoms with Gasteiger partial charge in [-0.25, -0.2) is 9.97 Å². The number of nitrogens with zero attached hydrogens (tertiary/aromatic N) is 4. The molecule has 0 N–H and O–H groups in total.